The van der Waals surface area contributed by atoms with Crippen LogP contribution in [0.15, 0.2) is 54.0 Å². The fourth-order valence-electron chi connectivity index (χ4n) is 5.04. The van der Waals surface area contributed by atoms with Crippen molar-refractivity contribution >= 4 is 28.8 Å². The van der Waals surface area contributed by atoms with Crippen LogP contribution in [-0.4, -0.2) is 65.4 Å². The predicted molar refractivity (Wildman–Crippen MR) is 132 cm³/mol. The molecule has 2 aromatic carbocycles. The predicted octanol–water partition coefficient (Wildman–Crippen LogP) is 3.99. The highest BCUT2D eigenvalue weighted by Crippen LogP contribution is 2.32. The maximum Gasteiger partial charge on any atom is 0.282 e. The van der Waals surface area contributed by atoms with Crippen LogP contribution in [-0.2, 0) is 4.79 Å². The zero-order valence-electron chi connectivity index (χ0n) is 19.0. The van der Waals surface area contributed by atoms with Gasteiger partial charge < -0.3 is 9.80 Å². The molecule has 2 saturated heterocycles. The summed E-state index contributed by atoms with van der Waals surface area (Å²) in [6.07, 6.45) is 2.19. The first-order valence-electron chi connectivity index (χ1n) is 11.4. The number of piperazine rings is 1. The number of aryl methyl sites for hydroxylation is 2. The maximum absolute atomic E-state index is 13.0. The molecule has 7 heteroatoms. The van der Waals surface area contributed by atoms with Crippen LogP contribution in [0.3, 0.4) is 0 Å². The van der Waals surface area contributed by atoms with Gasteiger partial charge in [0.05, 0.1) is 0 Å². The van der Waals surface area contributed by atoms with Crippen molar-refractivity contribution in [3.05, 3.63) is 70.2 Å². The molecule has 0 bridgehead atoms. The van der Waals surface area contributed by atoms with Crippen LogP contribution in [0.1, 0.15) is 27.3 Å². The number of carbonyl (C=O) groups is 2. The molecule has 2 aliphatic heterocycles. The van der Waals surface area contributed by atoms with Gasteiger partial charge in [0, 0.05) is 62.5 Å². The topological polar surface area (TPSA) is 56.8 Å². The lowest BCUT2D eigenvalue weighted by molar-refractivity contribution is -0.117. The van der Waals surface area contributed by atoms with E-state index in [2.05, 4.69) is 54.1 Å². The summed E-state index contributed by atoms with van der Waals surface area (Å²) in [6, 6.07) is 14.9. The van der Waals surface area contributed by atoms with E-state index in [1.807, 2.05) is 27.3 Å². The summed E-state index contributed by atoms with van der Waals surface area (Å²) in [7, 11) is 0. The number of hydrogen-bond donors (Lipinski definition) is 0. The third-order valence-electron chi connectivity index (χ3n) is 6.77. The van der Waals surface area contributed by atoms with Crippen LogP contribution in [0.5, 0.6) is 0 Å². The van der Waals surface area contributed by atoms with Crippen molar-refractivity contribution in [2.24, 2.45) is 0 Å². The number of thiazole rings is 1. The number of benzene rings is 2. The van der Waals surface area contributed by atoms with E-state index in [1.165, 1.54) is 28.0 Å². The zero-order valence-corrected chi connectivity index (χ0v) is 19.8. The lowest BCUT2D eigenvalue weighted by Gasteiger charge is -2.37. The van der Waals surface area contributed by atoms with Gasteiger partial charge in [-0.05, 0) is 48.2 Å². The van der Waals surface area contributed by atoms with E-state index in [0.29, 0.717) is 31.1 Å². The zero-order chi connectivity index (χ0) is 22.9. The van der Waals surface area contributed by atoms with Crippen LogP contribution in [0.4, 0.5) is 5.69 Å². The molecule has 2 fully saturated rings. The van der Waals surface area contributed by atoms with Gasteiger partial charge in [-0.2, -0.15) is 0 Å². The van der Waals surface area contributed by atoms with Crippen molar-refractivity contribution in [2.75, 3.05) is 37.6 Å². The molecule has 2 aliphatic rings. The van der Waals surface area contributed by atoms with Crippen molar-refractivity contribution < 1.29 is 9.59 Å². The molecule has 0 aliphatic carbocycles. The second kappa shape index (κ2) is 9.08. The van der Waals surface area contributed by atoms with Gasteiger partial charge in [-0.15, -0.1) is 11.3 Å². The molecule has 0 radical (unpaired) electrons. The fourth-order valence-corrected chi connectivity index (χ4v) is 5.64. The quantitative estimate of drug-likeness (QED) is 0.591. The molecule has 0 spiro atoms. The van der Waals surface area contributed by atoms with E-state index in [1.54, 1.807) is 6.20 Å². The van der Waals surface area contributed by atoms with Crippen LogP contribution in [0, 0.1) is 13.8 Å². The molecule has 2 amide bonds. The summed E-state index contributed by atoms with van der Waals surface area (Å²) >= 11 is 1.38. The first-order chi connectivity index (χ1) is 16.0. The van der Waals surface area contributed by atoms with E-state index in [0.717, 1.165) is 24.3 Å². The Morgan fingerprint density at radius 2 is 1.76 bits per heavy atom. The standard InChI is InChI=1S/C26H28N4O2S/c1-18-5-3-6-19(2)24(18)20-7-4-8-21(15-20)30-17-22(16-23(30)31)28-10-12-29(13-11-28)26(32)25-27-9-14-33-25/h3-9,14-15,22H,10-13,16-17H2,1-2H3. The molecule has 1 aromatic heterocycles. The van der Waals surface area contributed by atoms with Crippen LogP contribution < -0.4 is 4.90 Å². The molecule has 3 heterocycles. The number of nitrogens with zero attached hydrogens (tertiary/aromatic N) is 4. The average molecular weight is 461 g/mol. The first-order valence-corrected chi connectivity index (χ1v) is 12.3. The smallest absolute Gasteiger partial charge is 0.282 e. The minimum absolute atomic E-state index is 0.0112. The van der Waals surface area contributed by atoms with Crippen molar-refractivity contribution in [2.45, 2.75) is 26.3 Å². The normalized spacial score (nSPS) is 19.3. The van der Waals surface area contributed by atoms with Crippen LogP contribution >= 0.6 is 11.3 Å². The molecule has 3 aromatic rings. The molecule has 1 unspecified atom stereocenters. The lowest BCUT2D eigenvalue weighted by atomic mass is 9.95. The highest BCUT2D eigenvalue weighted by atomic mass is 32.1. The molecule has 0 N–H and O–H groups in total. The second-order valence-corrected chi connectivity index (χ2v) is 9.74. The highest BCUT2D eigenvalue weighted by molar-refractivity contribution is 7.11. The molecule has 1 atom stereocenters. The molecule has 0 saturated carbocycles. The third kappa shape index (κ3) is 4.30. The summed E-state index contributed by atoms with van der Waals surface area (Å²) in [6.45, 7) is 7.86. The van der Waals surface area contributed by atoms with Crippen molar-refractivity contribution in [1.82, 2.24) is 14.8 Å². The van der Waals surface area contributed by atoms with Crippen LogP contribution in [0.2, 0.25) is 0 Å². The number of amides is 2. The Balaban J connectivity index is 1.27. The summed E-state index contributed by atoms with van der Waals surface area (Å²) in [5.74, 6) is 0.178. The van der Waals surface area contributed by atoms with Crippen LogP contribution in [0.25, 0.3) is 11.1 Å². The van der Waals surface area contributed by atoms with Gasteiger partial charge in [0.1, 0.15) is 0 Å². The van der Waals surface area contributed by atoms with E-state index >= 15 is 0 Å². The number of rotatable bonds is 4. The van der Waals surface area contributed by atoms with Gasteiger partial charge in [0.15, 0.2) is 5.01 Å². The minimum Gasteiger partial charge on any atom is -0.334 e. The lowest BCUT2D eigenvalue weighted by Crippen LogP contribution is -2.52. The third-order valence-corrected chi connectivity index (χ3v) is 7.53. The number of carbonyl (C=O) groups excluding carboxylic acids is 2. The summed E-state index contributed by atoms with van der Waals surface area (Å²) in [4.78, 5) is 35.8. The molecule has 170 valence electrons. The van der Waals surface area contributed by atoms with Gasteiger partial charge in [-0.1, -0.05) is 30.3 Å². The molecule has 5 rings (SSSR count). The highest BCUT2D eigenvalue weighted by Gasteiger charge is 2.36. The summed E-state index contributed by atoms with van der Waals surface area (Å²) < 4.78 is 0. The largest absolute Gasteiger partial charge is 0.334 e. The van der Waals surface area contributed by atoms with Gasteiger partial charge in [0.2, 0.25) is 5.91 Å². The number of hydrogen-bond acceptors (Lipinski definition) is 5. The SMILES string of the molecule is Cc1cccc(C)c1-c1cccc(N2CC(N3CCN(C(=O)c4nccs4)CC3)CC2=O)c1. The second-order valence-electron chi connectivity index (χ2n) is 8.84. The summed E-state index contributed by atoms with van der Waals surface area (Å²) in [5.41, 5.74) is 5.82. The number of anilines is 1. The van der Waals surface area contributed by atoms with E-state index < -0.39 is 0 Å². The van der Waals surface area contributed by atoms with Gasteiger partial charge in [0.25, 0.3) is 5.91 Å². The van der Waals surface area contributed by atoms with E-state index in [9.17, 15) is 9.59 Å². The minimum atomic E-state index is 0.0112. The van der Waals surface area contributed by atoms with Gasteiger partial charge >= 0.3 is 0 Å². The monoisotopic (exact) mass is 460 g/mol. The average Bonchev–Trinajstić information content (AvgIpc) is 3.49. The molecule has 33 heavy (non-hydrogen) atoms. The molecule has 6 nitrogen and oxygen atoms in total. The van der Waals surface area contributed by atoms with E-state index in [-0.39, 0.29) is 17.9 Å². The Morgan fingerprint density at radius 3 is 2.45 bits per heavy atom. The Hall–Kier alpha value is -3.03. The maximum atomic E-state index is 13.0. The van der Waals surface area contributed by atoms with Crippen molar-refractivity contribution in [3.63, 3.8) is 0 Å². The van der Waals surface area contributed by atoms with Crippen molar-refractivity contribution in [3.8, 4) is 11.1 Å². The Kier molecular flexibility index (Phi) is 6.00. The Bertz CT molecular complexity index is 1150. The van der Waals surface area contributed by atoms with Gasteiger partial charge in [-0.3, -0.25) is 14.5 Å². The molecular weight excluding hydrogens is 432 g/mol. The molecular formula is C26H28N4O2S. The van der Waals surface area contributed by atoms with Gasteiger partial charge in [-0.25, -0.2) is 4.98 Å². The number of aromatic nitrogens is 1. The van der Waals surface area contributed by atoms with E-state index in [4.69, 9.17) is 0 Å². The summed E-state index contributed by atoms with van der Waals surface area (Å²) in [5, 5.41) is 2.38. The first kappa shape index (κ1) is 21.8. The Morgan fingerprint density at radius 1 is 1.03 bits per heavy atom. The Labute approximate surface area is 198 Å². The fraction of sp³-hybridized carbons (Fsp3) is 0.346. The van der Waals surface area contributed by atoms with Crippen molar-refractivity contribution in [1.29, 1.82) is 0 Å².